The average molecular weight is 361 g/mol. The van der Waals surface area contributed by atoms with Gasteiger partial charge in [-0.1, -0.05) is 32.4 Å². The minimum atomic E-state index is -0.595. The number of likely N-dealkylation sites (tertiary alicyclic amines) is 1. The molecule has 0 aromatic heterocycles. The lowest BCUT2D eigenvalue weighted by Crippen LogP contribution is -2.46. The van der Waals surface area contributed by atoms with E-state index < -0.39 is 6.04 Å². The fourth-order valence-corrected chi connectivity index (χ4v) is 3.02. The molecule has 1 heterocycles. The van der Waals surface area contributed by atoms with Gasteiger partial charge in [-0.15, -0.1) is 0 Å². The number of benzene rings is 1. The van der Waals surface area contributed by atoms with Gasteiger partial charge in [0.25, 0.3) is 0 Å². The van der Waals surface area contributed by atoms with Crippen molar-refractivity contribution >= 4 is 17.5 Å². The maximum atomic E-state index is 12.0. The van der Waals surface area contributed by atoms with Crippen molar-refractivity contribution in [3.05, 3.63) is 29.8 Å². The summed E-state index contributed by atoms with van der Waals surface area (Å²) in [5, 5.41) is 5.36. The van der Waals surface area contributed by atoms with E-state index in [-0.39, 0.29) is 24.3 Å². The van der Waals surface area contributed by atoms with Crippen LogP contribution >= 0.6 is 0 Å². The first-order valence-corrected chi connectivity index (χ1v) is 9.60. The number of amides is 2. The SMILES string of the molecule is CC(C)[C@H](N)C(=O)NCC(=O)Nc1ccc(CCN2CCCCC2)cc1. The molecule has 1 fully saturated rings. The van der Waals surface area contributed by atoms with Crippen molar-refractivity contribution in [1.29, 1.82) is 0 Å². The van der Waals surface area contributed by atoms with E-state index in [0.717, 1.165) is 18.7 Å². The van der Waals surface area contributed by atoms with E-state index >= 15 is 0 Å². The van der Waals surface area contributed by atoms with Crippen molar-refractivity contribution in [3.63, 3.8) is 0 Å². The molecular weight excluding hydrogens is 328 g/mol. The molecule has 6 nitrogen and oxygen atoms in total. The monoisotopic (exact) mass is 360 g/mol. The quantitative estimate of drug-likeness (QED) is 0.659. The largest absolute Gasteiger partial charge is 0.346 e. The number of nitrogens with zero attached hydrogens (tertiary/aromatic N) is 1. The topological polar surface area (TPSA) is 87.5 Å². The number of hydrogen-bond donors (Lipinski definition) is 3. The second-order valence-electron chi connectivity index (χ2n) is 7.39. The van der Waals surface area contributed by atoms with E-state index in [4.69, 9.17) is 5.73 Å². The first kappa shape index (κ1) is 20.4. The Bertz CT molecular complexity index is 580. The summed E-state index contributed by atoms with van der Waals surface area (Å²) in [5.41, 5.74) is 7.75. The van der Waals surface area contributed by atoms with Crippen LogP contribution in [0, 0.1) is 5.92 Å². The summed E-state index contributed by atoms with van der Waals surface area (Å²) < 4.78 is 0. The minimum Gasteiger partial charge on any atom is -0.346 e. The van der Waals surface area contributed by atoms with E-state index in [2.05, 4.69) is 15.5 Å². The predicted octanol–water partition coefficient (Wildman–Crippen LogP) is 1.75. The Kier molecular flexibility index (Phi) is 8.06. The number of nitrogens with two attached hydrogens (primary N) is 1. The molecule has 0 unspecified atom stereocenters. The summed E-state index contributed by atoms with van der Waals surface area (Å²) in [5.74, 6) is -0.519. The van der Waals surface area contributed by atoms with Crippen LogP contribution in [-0.4, -0.2) is 48.9 Å². The Balaban J connectivity index is 1.72. The van der Waals surface area contributed by atoms with Crippen LogP contribution in [0.15, 0.2) is 24.3 Å². The highest BCUT2D eigenvalue weighted by atomic mass is 16.2. The van der Waals surface area contributed by atoms with E-state index in [9.17, 15) is 9.59 Å². The summed E-state index contributed by atoms with van der Waals surface area (Å²) in [4.78, 5) is 26.2. The van der Waals surface area contributed by atoms with Gasteiger partial charge in [0.2, 0.25) is 11.8 Å². The van der Waals surface area contributed by atoms with Gasteiger partial charge in [-0.3, -0.25) is 9.59 Å². The number of anilines is 1. The van der Waals surface area contributed by atoms with Crippen LogP contribution in [0.2, 0.25) is 0 Å². The Hall–Kier alpha value is -1.92. The van der Waals surface area contributed by atoms with Gasteiger partial charge in [-0.05, 0) is 56.0 Å². The zero-order valence-electron chi connectivity index (χ0n) is 16.0. The van der Waals surface area contributed by atoms with Crippen molar-refractivity contribution in [2.24, 2.45) is 11.7 Å². The molecule has 4 N–H and O–H groups in total. The van der Waals surface area contributed by atoms with Gasteiger partial charge in [0, 0.05) is 12.2 Å². The summed E-state index contributed by atoms with van der Waals surface area (Å²) >= 11 is 0. The highest BCUT2D eigenvalue weighted by Gasteiger charge is 2.17. The average Bonchev–Trinajstić information content (AvgIpc) is 2.65. The lowest BCUT2D eigenvalue weighted by Gasteiger charge is -2.26. The van der Waals surface area contributed by atoms with E-state index in [0.29, 0.717) is 0 Å². The molecule has 6 heteroatoms. The molecule has 26 heavy (non-hydrogen) atoms. The molecule has 0 bridgehead atoms. The maximum absolute atomic E-state index is 12.0. The van der Waals surface area contributed by atoms with Crippen molar-refractivity contribution in [3.8, 4) is 0 Å². The third kappa shape index (κ3) is 6.77. The van der Waals surface area contributed by atoms with Gasteiger partial charge in [0.15, 0.2) is 0 Å². The van der Waals surface area contributed by atoms with Crippen molar-refractivity contribution in [1.82, 2.24) is 10.2 Å². The molecule has 1 aromatic carbocycles. The zero-order chi connectivity index (χ0) is 18.9. The van der Waals surface area contributed by atoms with Crippen molar-refractivity contribution < 1.29 is 9.59 Å². The molecule has 1 aliphatic rings. The molecule has 1 aliphatic heterocycles. The van der Waals surface area contributed by atoms with Crippen LogP contribution in [0.4, 0.5) is 5.69 Å². The third-order valence-corrected chi connectivity index (χ3v) is 4.85. The van der Waals surface area contributed by atoms with Gasteiger partial charge in [0.05, 0.1) is 12.6 Å². The molecule has 144 valence electrons. The van der Waals surface area contributed by atoms with E-state index in [1.807, 2.05) is 38.1 Å². The number of piperidine rings is 1. The Labute approximate surface area is 156 Å². The number of carbonyl (C=O) groups excluding carboxylic acids is 2. The molecule has 0 spiro atoms. The molecule has 2 rings (SSSR count). The van der Waals surface area contributed by atoms with Crippen LogP contribution < -0.4 is 16.4 Å². The second-order valence-corrected chi connectivity index (χ2v) is 7.39. The Morgan fingerprint density at radius 3 is 2.38 bits per heavy atom. The summed E-state index contributed by atoms with van der Waals surface area (Å²) in [6.45, 7) is 7.18. The normalized spacial score (nSPS) is 16.3. The molecule has 1 saturated heterocycles. The van der Waals surface area contributed by atoms with E-state index in [1.54, 1.807) is 0 Å². The first-order chi connectivity index (χ1) is 12.5. The van der Waals surface area contributed by atoms with Crippen LogP contribution in [0.3, 0.4) is 0 Å². The number of carbonyl (C=O) groups is 2. The fraction of sp³-hybridized carbons (Fsp3) is 0.600. The highest BCUT2D eigenvalue weighted by Crippen LogP contribution is 2.13. The lowest BCUT2D eigenvalue weighted by molar-refractivity contribution is -0.125. The Morgan fingerprint density at radius 2 is 1.77 bits per heavy atom. The van der Waals surface area contributed by atoms with Gasteiger partial charge >= 0.3 is 0 Å². The summed E-state index contributed by atoms with van der Waals surface area (Å²) in [6.07, 6.45) is 5.00. The summed E-state index contributed by atoms with van der Waals surface area (Å²) in [7, 11) is 0. The Morgan fingerprint density at radius 1 is 1.12 bits per heavy atom. The third-order valence-electron chi connectivity index (χ3n) is 4.85. The number of hydrogen-bond acceptors (Lipinski definition) is 4. The van der Waals surface area contributed by atoms with Crippen LogP contribution in [-0.2, 0) is 16.0 Å². The van der Waals surface area contributed by atoms with Gasteiger partial charge in [-0.2, -0.15) is 0 Å². The predicted molar refractivity (Wildman–Crippen MR) is 105 cm³/mol. The van der Waals surface area contributed by atoms with Crippen LogP contribution in [0.1, 0.15) is 38.7 Å². The molecule has 0 aliphatic carbocycles. The number of rotatable bonds is 8. The first-order valence-electron chi connectivity index (χ1n) is 9.60. The zero-order valence-corrected chi connectivity index (χ0v) is 16.0. The van der Waals surface area contributed by atoms with Gasteiger partial charge in [0.1, 0.15) is 0 Å². The van der Waals surface area contributed by atoms with Crippen LogP contribution in [0.25, 0.3) is 0 Å². The summed E-state index contributed by atoms with van der Waals surface area (Å²) in [6, 6.07) is 7.32. The molecule has 1 aromatic rings. The maximum Gasteiger partial charge on any atom is 0.243 e. The van der Waals surface area contributed by atoms with Crippen molar-refractivity contribution in [2.45, 2.75) is 45.6 Å². The molecule has 2 amide bonds. The lowest BCUT2D eigenvalue weighted by atomic mass is 10.1. The molecule has 0 saturated carbocycles. The fourth-order valence-electron chi connectivity index (χ4n) is 3.02. The smallest absolute Gasteiger partial charge is 0.243 e. The van der Waals surface area contributed by atoms with Gasteiger partial charge < -0.3 is 21.3 Å². The molecular formula is C20H32N4O2. The standard InChI is InChI=1S/C20H32N4O2/c1-15(2)19(21)20(26)22-14-18(25)23-17-8-6-16(7-9-17)10-13-24-11-4-3-5-12-24/h6-9,15,19H,3-5,10-14,21H2,1-2H3,(H,22,26)(H,23,25)/t19-/m0/s1. The van der Waals surface area contributed by atoms with Crippen molar-refractivity contribution in [2.75, 3.05) is 31.5 Å². The molecule has 0 radical (unpaired) electrons. The highest BCUT2D eigenvalue weighted by molar-refractivity contribution is 5.95. The van der Waals surface area contributed by atoms with E-state index in [1.165, 1.54) is 37.9 Å². The second kappa shape index (κ2) is 10.3. The van der Waals surface area contributed by atoms with Crippen LogP contribution in [0.5, 0.6) is 0 Å². The minimum absolute atomic E-state index is 0.0375. The van der Waals surface area contributed by atoms with Gasteiger partial charge in [-0.25, -0.2) is 0 Å². The number of nitrogens with one attached hydrogen (secondary N) is 2. The molecule has 1 atom stereocenters.